The fourth-order valence-electron chi connectivity index (χ4n) is 2.07. The minimum atomic E-state index is -0.608. The summed E-state index contributed by atoms with van der Waals surface area (Å²) >= 11 is 0. The molecule has 8 heteroatoms. The second kappa shape index (κ2) is 4.72. The van der Waals surface area contributed by atoms with Crippen LogP contribution < -0.4 is 15.9 Å². The molecule has 8 nitrogen and oxygen atoms in total. The Morgan fingerprint density at radius 3 is 1.95 bits per heavy atom. The van der Waals surface area contributed by atoms with Crippen molar-refractivity contribution in [2.75, 3.05) is 10.5 Å². The number of rotatable bonds is 2. The van der Waals surface area contributed by atoms with Gasteiger partial charge >= 0.3 is 0 Å². The summed E-state index contributed by atoms with van der Waals surface area (Å²) in [5.74, 6) is 0. The lowest BCUT2D eigenvalue weighted by Gasteiger charge is -2.37. The van der Waals surface area contributed by atoms with Crippen molar-refractivity contribution in [2.24, 2.45) is 0 Å². The van der Waals surface area contributed by atoms with E-state index in [9.17, 15) is 15.2 Å². The number of nitrogens with zero attached hydrogens (tertiary/aromatic N) is 2. The molecule has 0 aliphatic rings. The van der Waals surface area contributed by atoms with E-state index in [1.165, 1.54) is 30.3 Å². The normalized spacial score (nSPS) is 11.0. The van der Waals surface area contributed by atoms with Crippen molar-refractivity contribution in [1.29, 1.82) is 0 Å². The molecule has 0 bridgehead atoms. The molecular weight excluding hydrogens is 280 g/mol. The van der Waals surface area contributed by atoms with Crippen LogP contribution in [0.15, 0.2) is 45.6 Å². The largest absolute Gasteiger partial charge is 0.769 e. The zero-order valence-corrected chi connectivity index (χ0v) is 10.4. The molecular formula is C13H8N2O6-2. The van der Waals surface area contributed by atoms with Gasteiger partial charge in [0.15, 0.2) is 0 Å². The topological polar surface area (TPSA) is 123 Å². The first-order valence-electron chi connectivity index (χ1n) is 5.80. The van der Waals surface area contributed by atoms with E-state index >= 15 is 0 Å². The quantitative estimate of drug-likeness (QED) is 0.544. The first-order chi connectivity index (χ1) is 9.97. The van der Waals surface area contributed by atoms with Crippen LogP contribution in [0.4, 0.5) is 11.4 Å². The van der Waals surface area contributed by atoms with Crippen molar-refractivity contribution in [3.05, 3.63) is 57.0 Å². The third-order valence-corrected chi connectivity index (χ3v) is 3.08. The van der Waals surface area contributed by atoms with Crippen molar-refractivity contribution in [3.63, 3.8) is 0 Å². The highest BCUT2D eigenvalue weighted by atomic mass is 16.8. The summed E-state index contributed by atoms with van der Waals surface area (Å²) in [6.45, 7) is 0. The molecule has 0 aliphatic heterocycles. The second-order valence-electron chi connectivity index (χ2n) is 4.34. The number of hydrogen-bond acceptors (Lipinski definition) is 8. The number of anilines is 2. The molecule has 0 amide bonds. The zero-order valence-electron chi connectivity index (χ0n) is 10.4. The average molecular weight is 288 g/mol. The zero-order chi connectivity index (χ0) is 15.1. The van der Waals surface area contributed by atoms with Crippen molar-refractivity contribution < 1.29 is 14.8 Å². The van der Waals surface area contributed by atoms with Crippen LogP contribution in [0.2, 0.25) is 0 Å². The Hall–Kier alpha value is -2.65. The van der Waals surface area contributed by atoms with Gasteiger partial charge in [-0.05, 0) is 36.4 Å². The summed E-state index contributed by atoms with van der Waals surface area (Å²) in [5.41, 5.74) is -0.280. The predicted molar refractivity (Wildman–Crippen MR) is 75.3 cm³/mol. The molecule has 2 N–H and O–H groups in total. The maximum atomic E-state index is 12.4. The Kier molecular flexibility index (Phi) is 3.00. The van der Waals surface area contributed by atoms with Crippen LogP contribution >= 0.6 is 0 Å². The molecule has 0 aliphatic carbocycles. The molecule has 1 aromatic heterocycles. The molecule has 1 heterocycles. The molecule has 3 aromatic rings. The smallest absolute Gasteiger partial charge is 0.200 e. The van der Waals surface area contributed by atoms with Gasteiger partial charge in [-0.3, -0.25) is 15.2 Å². The van der Waals surface area contributed by atoms with Gasteiger partial charge in [-0.15, -0.1) is 5.23 Å². The van der Waals surface area contributed by atoms with Gasteiger partial charge in [0.05, 0.1) is 16.5 Å². The fourth-order valence-corrected chi connectivity index (χ4v) is 2.07. The van der Waals surface area contributed by atoms with Crippen LogP contribution in [-0.4, -0.2) is 10.4 Å². The fraction of sp³-hybridized carbons (Fsp3) is 0. The van der Waals surface area contributed by atoms with Gasteiger partial charge in [0.2, 0.25) is 5.43 Å². The maximum Gasteiger partial charge on any atom is 0.200 e. The molecule has 3 rings (SSSR count). The number of benzene rings is 2. The Labute approximate surface area is 116 Å². The molecule has 108 valence electrons. The van der Waals surface area contributed by atoms with Crippen LogP contribution in [0.5, 0.6) is 0 Å². The molecule has 0 saturated heterocycles. The van der Waals surface area contributed by atoms with Gasteiger partial charge in [0, 0.05) is 5.69 Å². The van der Waals surface area contributed by atoms with E-state index in [0.717, 1.165) is 6.07 Å². The van der Waals surface area contributed by atoms with Crippen molar-refractivity contribution >= 4 is 33.3 Å². The van der Waals surface area contributed by atoms with Crippen LogP contribution in [0, 0.1) is 10.4 Å². The van der Waals surface area contributed by atoms with E-state index in [2.05, 4.69) is 0 Å². The average Bonchev–Trinajstić information content (AvgIpc) is 2.46. The Morgan fingerprint density at radius 1 is 0.905 bits per heavy atom. The number of fused-ring (bicyclic) bond motifs is 2. The van der Waals surface area contributed by atoms with E-state index in [1.807, 2.05) is 0 Å². The Morgan fingerprint density at radius 2 is 1.43 bits per heavy atom. The highest BCUT2D eigenvalue weighted by molar-refractivity contribution is 5.92. The lowest BCUT2D eigenvalue weighted by atomic mass is 10.1. The van der Waals surface area contributed by atoms with Crippen LogP contribution in [0.25, 0.3) is 21.9 Å². The summed E-state index contributed by atoms with van der Waals surface area (Å²) in [6.07, 6.45) is 0. The van der Waals surface area contributed by atoms with Gasteiger partial charge in [-0.25, -0.2) is 0 Å². The highest BCUT2D eigenvalue weighted by Crippen LogP contribution is 2.25. The highest BCUT2D eigenvalue weighted by Gasteiger charge is 2.10. The third-order valence-electron chi connectivity index (χ3n) is 3.08. The lowest BCUT2D eigenvalue weighted by molar-refractivity contribution is 0.0292. The van der Waals surface area contributed by atoms with E-state index in [-0.39, 0.29) is 38.5 Å². The summed E-state index contributed by atoms with van der Waals surface area (Å²) in [7, 11) is 0. The van der Waals surface area contributed by atoms with E-state index in [0.29, 0.717) is 0 Å². The minimum absolute atomic E-state index is 0.0282. The van der Waals surface area contributed by atoms with Gasteiger partial charge in [0.25, 0.3) is 0 Å². The van der Waals surface area contributed by atoms with Gasteiger partial charge in [0.1, 0.15) is 11.2 Å². The Balaban J connectivity index is 2.37. The van der Waals surface area contributed by atoms with Crippen molar-refractivity contribution in [2.45, 2.75) is 0 Å². The molecule has 0 unspecified atom stereocenters. The van der Waals surface area contributed by atoms with E-state index in [1.54, 1.807) is 0 Å². The summed E-state index contributed by atoms with van der Waals surface area (Å²) < 4.78 is 5.49. The maximum absolute atomic E-state index is 12.4. The van der Waals surface area contributed by atoms with Crippen molar-refractivity contribution in [3.8, 4) is 0 Å². The van der Waals surface area contributed by atoms with Crippen LogP contribution in [-0.2, 0) is 0 Å². The SMILES string of the molecule is O=c1c2cc(N([O-])[O-])ccc2oc2ccc(N(O)O)cc12. The van der Waals surface area contributed by atoms with E-state index in [4.69, 9.17) is 14.8 Å². The standard InChI is InChI=1S/C13H8N2O6/c16-13-9-5-7(14(17)18)1-3-11(9)21-12-4-2-8(15(19)20)6-10(12)13/h1-6,17-18H/q-2. The molecule has 2 aromatic carbocycles. The van der Waals surface area contributed by atoms with Gasteiger partial charge < -0.3 is 20.1 Å². The molecule has 0 saturated carbocycles. The number of hydrogen-bond donors (Lipinski definition) is 2. The first-order valence-corrected chi connectivity index (χ1v) is 5.80. The molecule has 0 radical (unpaired) electrons. The van der Waals surface area contributed by atoms with Gasteiger partial charge in [-0.1, -0.05) is 0 Å². The molecule has 0 fully saturated rings. The Bertz CT molecular complexity index is 818. The molecule has 0 atom stereocenters. The summed E-state index contributed by atoms with van der Waals surface area (Å²) in [5, 5.41) is 38.9. The molecule has 0 spiro atoms. The monoisotopic (exact) mass is 288 g/mol. The summed E-state index contributed by atoms with van der Waals surface area (Å²) in [6, 6.07) is 7.71. The second-order valence-corrected chi connectivity index (χ2v) is 4.34. The summed E-state index contributed by atoms with van der Waals surface area (Å²) in [4.78, 5) is 12.4. The minimum Gasteiger partial charge on any atom is -0.769 e. The first kappa shape index (κ1) is 13.3. The third kappa shape index (κ3) is 2.18. The van der Waals surface area contributed by atoms with E-state index < -0.39 is 10.7 Å². The van der Waals surface area contributed by atoms with Crippen LogP contribution in [0.1, 0.15) is 0 Å². The molecule has 21 heavy (non-hydrogen) atoms. The van der Waals surface area contributed by atoms with Gasteiger partial charge in [-0.2, -0.15) is 0 Å². The lowest BCUT2D eigenvalue weighted by Crippen LogP contribution is -2.12. The van der Waals surface area contributed by atoms with Crippen molar-refractivity contribution in [1.82, 2.24) is 0 Å². The van der Waals surface area contributed by atoms with Crippen LogP contribution in [0.3, 0.4) is 0 Å². The predicted octanol–water partition coefficient (Wildman–Crippen LogP) is 2.33.